The molecule has 2 aliphatic rings. The van der Waals surface area contributed by atoms with Crippen LogP contribution in [0.2, 0.25) is 0 Å². The van der Waals surface area contributed by atoms with Crippen molar-refractivity contribution in [2.24, 2.45) is 0 Å². The molecule has 0 unspecified atom stereocenters. The number of carbonyl (C=O) groups excluding carboxylic acids is 4. The molecule has 0 fully saturated rings. The number of hydrogen-bond donors (Lipinski definition) is 0. The molecule has 0 aliphatic carbocycles. The summed E-state index contributed by atoms with van der Waals surface area (Å²) < 4.78 is 0. The predicted octanol–water partition coefficient (Wildman–Crippen LogP) is 5.33. The van der Waals surface area contributed by atoms with Gasteiger partial charge in [-0.05, 0) is 54.8 Å². The largest absolute Gasteiger partial charge is 0.308 e. The summed E-state index contributed by atoms with van der Waals surface area (Å²) in [6.45, 7) is 1.48. The topological polar surface area (TPSA) is 121 Å². The Morgan fingerprint density at radius 2 is 1.43 bits per heavy atom. The van der Waals surface area contributed by atoms with E-state index in [1.165, 1.54) is 12.1 Å². The molecule has 4 aromatic carbocycles. The number of benzene rings is 4. The number of hydrogen-bond acceptors (Lipinski definition) is 6. The van der Waals surface area contributed by atoms with Gasteiger partial charge in [0.2, 0.25) is 11.8 Å². The lowest BCUT2D eigenvalue weighted by molar-refractivity contribution is -0.384. The maximum Gasteiger partial charge on any atom is 0.269 e. The Labute approximate surface area is 253 Å². The highest BCUT2D eigenvalue weighted by Crippen LogP contribution is 2.42. The van der Waals surface area contributed by atoms with Crippen LogP contribution in [0.3, 0.4) is 0 Å². The molecule has 4 amide bonds. The highest BCUT2D eigenvalue weighted by molar-refractivity contribution is 6.22. The number of nitro groups is 1. The van der Waals surface area contributed by atoms with Gasteiger partial charge in [0.05, 0.1) is 28.5 Å². The zero-order valence-electron chi connectivity index (χ0n) is 23.8. The summed E-state index contributed by atoms with van der Waals surface area (Å²) in [5.74, 6) is -1.60. The SMILES string of the molecule is C[C@@H]1C[C@H](N(C(=O)Cc2ccc([N+](=O)[O-])cc2)c2ccccc2)c2ccccc2N1C(=O)CN1C(=O)c2ccccc2C1=O. The zero-order chi connectivity index (χ0) is 31.0. The minimum Gasteiger partial charge on any atom is -0.308 e. The van der Waals surface area contributed by atoms with E-state index in [-0.39, 0.29) is 35.2 Å². The molecule has 10 nitrogen and oxygen atoms in total. The summed E-state index contributed by atoms with van der Waals surface area (Å²) >= 11 is 0. The second-order valence-electron chi connectivity index (χ2n) is 10.9. The predicted molar refractivity (Wildman–Crippen MR) is 163 cm³/mol. The van der Waals surface area contributed by atoms with Crippen LogP contribution in [0, 0.1) is 10.1 Å². The van der Waals surface area contributed by atoms with E-state index in [0.29, 0.717) is 23.4 Å². The van der Waals surface area contributed by atoms with Crippen molar-refractivity contribution in [1.29, 1.82) is 0 Å². The van der Waals surface area contributed by atoms with Crippen LogP contribution in [-0.4, -0.2) is 46.0 Å². The van der Waals surface area contributed by atoms with Crippen LogP contribution in [0.5, 0.6) is 0 Å². The summed E-state index contributed by atoms with van der Waals surface area (Å²) in [7, 11) is 0. The number of amides is 4. The highest BCUT2D eigenvalue weighted by atomic mass is 16.6. The van der Waals surface area contributed by atoms with E-state index >= 15 is 0 Å². The van der Waals surface area contributed by atoms with E-state index < -0.39 is 35.2 Å². The first-order valence-corrected chi connectivity index (χ1v) is 14.2. The number of nitro benzene ring substituents is 1. The van der Waals surface area contributed by atoms with E-state index in [1.807, 2.05) is 61.5 Å². The first-order chi connectivity index (χ1) is 21.2. The number of nitrogens with zero attached hydrogens (tertiary/aromatic N) is 4. The number of fused-ring (bicyclic) bond motifs is 2. The highest BCUT2D eigenvalue weighted by Gasteiger charge is 2.41. The average molecular weight is 589 g/mol. The van der Waals surface area contributed by atoms with E-state index in [1.54, 1.807) is 46.2 Å². The van der Waals surface area contributed by atoms with Crippen molar-refractivity contribution in [3.05, 3.63) is 135 Å². The molecule has 220 valence electrons. The average Bonchev–Trinajstić information content (AvgIpc) is 3.26. The standard InChI is InChI=1S/C34H28N4O6/c1-22-19-30(37(24-9-3-2-4-10-24)31(39)20-23-15-17-25(18-16-23)38(43)44)28-13-7-8-14-29(28)36(22)32(40)21-35-33(41)26-11-5-6-12-27(26)34(35)42/h2-18,22,30H,19-21H2,1H3/t22-,30+/m1/s1. The lowest BCUT2D eigenvalue weighted by atomic mass is 9.89. The Bertz CT molecular complexity index is 1750. The zero-order valence-corrected chi connectivity index (χ0v) is 23.8. The van der Waals surface area contributed by atoms with Gasteiger partial charge in [-0.15, -0.1) is 0 Å². The normalized spacial score (nSPS) is 17.2. The maximum absolute atomic E-state index is 14.0. The first kappa shape index (κ1) is 28.5. The number of para-hydroxylation sites is 2. The van der Waals surface area contributed by atoms with Gasteiger partial charge in [-0.2, -0.15) is 0 Å². The molecular weight excluding hydrogens is 560 g/mol. The summed E-state index contributed by atoms with van der Waals surface area (Å²) in [5, 5.41) is 11.1. The summed E-state index contributed by atoms with van der Waals surface area (Å²) in [6.07, 6.45) is 0.411. The molecule has 0 spiro atoms. The van der Waals surface area contributed by atoms with Crippen molar-refractivity contribution in [1.82, 2.24) is 4.90 Å². The van der Waals surface area contributed by atoms with Crippen molar-refractivity contribution in [3.63, 3.8) is 0 Å². The maximum atomic E-state index is 14.0. The van der Waals surface area contributed by atoms with Gasteiger partial charge >= 0.3 is 0 Å². The van der Waals surface area contributed by atoms with Gasteiger partial charge in [0.1, 0.15) is 6.54 Å². The molecule has 0 bridgehead atoms. The smallest absolute Gasteiger partial charge is 0.269 e. The van der Waals surface area contributed by atoms with Gasteiger partial charge in [-0.3, -0.25) is 34.2 Å². The van der Waals surface area contributed by atoms with E-state index in [9.17, 15) is 29.3 Å². The monoisotopic (exact) mass is 588 g/mol. The molecule has 6 rings (SSSR count). The molecule has 0 N–H and O–H groups in total. The molecule has 4 aromatic rings. The molecule has 2 aliphatic heterocycles. The van der Waals surface area contributed by atoms with Gasteiger partial charge in [0.15, 0.2) is 0 Å². The quantitative estimate of drug-likeness (QED) is 0.163. The van der Waals surface area contributed by atoms with Crippen LogP contribution in [0.4, 0.5) is 17.1 Å². The van der Waals surface area contributed by atoms with Crippen LogP contribution in [0.1, 0.15) is 51.2 Å². The molecule has 2 heterocycles. The lowest BCUT2D eigenvalue weighted by Gasteiger charge is -2.44. The van der Waals surface area contributed by atoms with Crippen molar-refractivity contribution in [2.45, 2.75) is 31.8 Å². The van der Waals surface area contributed by atoms with Crippen LogP contribution in [0.25, 0.3) is 0 Å². The molecule has 0 radical (unpaired) electrons. The van der Waals surface area contributed by atoms with Crippen LogP contribution in [0.15, 0.2) is 103 Å². The van der Waals surface area contributed by atoms with E-state index in [4.69, 9.17) is 0 Å². The van der Waals surface area contributed by atoms with Crippen LogP contribution in [-0.2, 0) is 16.0 Å². The molecule has 0 saturated heterocycles. The number of anilines is 2. The van der Waals surface area contributed by atoms with Crippen molar-refractivity contribution >= 4 is 40.7 Å². The first-order valence-electron chi connectivity index (χ1n) is 14.2. The second kappa shape index (κ2) is 11.6. The number of imide groups is 1. The Morgan fingerprint density at radius 3 is 2.07 bits per heavy atom. The minimum absolute atomic E-state index is 0.0162. The third kappa shape index (κ3) is 5.11. The lowest BCUT2D eigenvalue weighted by Crippen LogP contribution is -2.51. The summed E-state index contributed by atoms with van der Waals surface area (Å²) in [6, 6.07) is 28.2. The molecular formula is C34H28N4O6. The van der Waals surface area contributed by atoms with Gasteiger partial charge < -0.3 is 9.80 Å². The van der Waals surface area contributed by atoms with Crippen LogP contribution < -0.4 is 9.80 Å². The number of carbonyl (C=O) groups is 4. The van der Waals surface area contributed by atoms with Crippen molar-refractivity contribution in [3.8, 4) is 0 Å². The molecule has 0 saturated carbocycles. The van der Waals surface area contributed by atoms with Gasteiger partial charge in [-0.1, -0.05) is 60.7 Å². The minimum atomic E-state index is -0.498. The Balaban J connectivity index is 1.31. The van der Waals surface area contributed by atoms with Crippen molar-refractivity contribution < 1.29 is 24.1 Å². The van der Waals surface area contributed by atoms with Gasteiger partial charge in [-0.25, -0.2) is 0 Å². The molecule has 10 heteroatoms. The van der Waals surface area contributed by atoms with Gasteiger partial charge in [0.25, 0.3) is 17.5 Å². The van der Waals surface area contributed by atoms with E-state index in [2.05, 4.69) is 0 Å². The fourth-order valence-corrected chi connectivity index (χ4v) is 6.08. The third-order valence-corrected chi connectivity index (χ3v) is 8.12. The Morgan fingerprint density at radius 1 is 0.841 bits per heavy atom. The molecule has 0 aromatic heterocycles. The molecule has 44 heavy (non-hydrogen) atoms. The van der Waals surface area contributed by atoms with Crippen LogP contribution >= 0.6 is 0 Å². The van der Waals surface area contributed by atoms with E-state index in [0.717, 1.165) is 10.5 Å². The number of rotatable bonds is 7. The van der Waals surface area contributed by atoms with Gasteiger partial charge in [0, 0.05) is 29.5 Å². The Hall–Kier alpha value is -5.64. The summed E-state index contributed by atoms with van der Waals surface area (Å²) in [5.41, 5.74) is 3.17. The number of non-ortho nitro benzene ring substituents is 1. The Kier molecular flexibility index (Phi) is 7.48. The molecule has 2 atom stereocenters. The fourth-order valence-electron chi connectivity index (χ4n) is 6.08. The third-order valence-electron chi connectivity index (χ3n) is 8.12. The van der Waals surface area contributed by atoms with Crippen molar-refractivity contribution in [2.75, 3.05) is 16.3 Å². The fraction of sp³-hybridized carbons (Fsp3) is 0.176. The second-order valence-corrected chi connectivity index (χ2v) is 10.9. The summed E-state index contributed by atoms with van der Waals surface area (Å²) in [4.78, 5) is 68.7.